The number of hydrogen-bond acceptors (Lipinski definition) is 4. The Balaban J connectivity index is 1.72. The van der Waals surface area contributed by atoms with Crippen LogP contribution in [0.1, 0.15) is 42.6 Å². The summed E-state index contributed by atoms with van der Waals surface area (Å²) in [5, 5.41) is 2.73. The Morgan fingerprint density at radius 1 is 1.43 bits per heavy atom. The maximum absolute atomic E-state index is 13.5. The zero-order chi connectivity index (χ0) is 15.1. The molecule has 2 aliphatic rings. The van der Waals surface area contributed by atoms with Crippen LogP contribution < -0.4 is 5.32 Å². The summed E-state index contributed by atoms with van der Waals surface area (Å²) in [7, 11) is -3.07. The molecule has 1 aliphatic heterocycles. The standard InChI is InChI=1S/C14H17FN2O3S/c15-11-3-1-7-16-12(11)13(18)17-10-4-8-21(19,20)14(9-10)5-2-6-14/h1,3,7,10H,2,4-6,8-9H2,(H,17,18). The number of aromatic nitrogens is 1. The van der Waals surface area contributed by atoms with Gasteiger partial charge in [0.25, 0.3) is 5.91 Å². The van der Waals surface area contributed by atoms with Crippen molar-refractivity contribution < 1.29 is 17.6 Å². The minimum Gasteiger partial charge on any atom is -0.348 e. The SMILES string of the molecule is O=C(NC1CCS(=O)(=O)C2(CCC2)C1)c1ncccc1F. The van der Waals surface area contributed by atoms with E-state index in [0.29, 0.717) is 25.7 Å². The molecule has 1 aromatic rings. The van der Waals surface area contributed by atoms with Crippen LogP contribution >= 0.6 is 0 Å². The largest absolute Gasteiger partial charge is 0.348 e. The predicted molar refractivity (Wildman–Crippen MR) is 75.1 cm³/mol. The number of nitrogens with one attached hydrogen (secondary N) is 1. The lowest BCUT2D eigenvalue weighted by molar-refractivity contribution is 0.0914. The predicted octanol–water partition coefficient (Wildman–Crippen LogP) is 1.45. The number of sulfone groups is 1. The van der Waals surface area contributed by atoms with Crippen molar-refractivity contribution in [3.05, 3.63) is 29.8 Å². The van der Waals surface area contributed by atoms with Gasteiger partial charge < -0.3 is 5.32 Å². The third kappa shape index (κ3) is 2.43. The molecule has 1 N–H and O–H groups in total. The summed E-state index contributed by atoms with van der Waals surface area (Å²) in [5.41, 5.74) is -0.242. The van der Waals surface area contributed by atoms with Gasteiger partial charge in [0.2, 0.25) is 0 Å². The van der Waals surface area contributed by atoms with Gasteiger partial charge >= 0.3 is 0 Å². The molecule has 2 fully saturated rings. The van der Waals surface area contributed by atoms with Gasteiger partial charge in [0, 0.05) is 12.2 Å². The van der Waals surface area contributed by atoms with Crippen molar-refractivity contribution in [2.24, 2.45) is 0 Å². The number of nitrogens with zero attached hydrogens (tertiary/aromatic N) is 1. The second-order valence-electron chi connectivity index (χ2n) is 5.85. The van der Waals surface area contributed by atoms with Crippen molar-refractivity contribution in [2.45, 2.75) is 42.9 Å². The maximum atomic E-state index is 13.5. The lowest BCUT2D eigenvalue weighted by Gasteiger charge is -2.46. The molecule has 0 aromatic carbocycles. The van der Waals surface area contributed by atoms with Crippen LogP contribution in [0.25, 0.3) is 0 Å². The second-order valence-corrected chi connectivity index (χ2v) is 8.36. The van der Waals surface area contributed by atoms with Crippen LogP contribution in [0.15, 0.2) is 18.3 Å². The second kappa shape index (κ2) is 5.05. The van der Waals surface area contributed by atoms with Gasteiger partial charge in [-0.2, -0.15) is 0 Å². The highest BCUT2D eigenvalue weighted by atomic mass is 32.2. The Bertz CT molecular complexity index is 671. The van der Waals surface area contributed by atoms with Crippen molar-refractivity contribution in [3.63, 3.8) is 0 Å². The summed E-state index contributed by atoms with van der Waals surface area (Å²) in [6.07, 6.45) is 4.41. The van der Waals surface area contributed by atoms with Crippen LogP contribution in [0.5, 0.6) is 0 Å². The Labute approximate surface area is 122 Å². The minimum absolute atomic E-state index is 0.0860. The first-order valence-corrected chi connectivity index (χ1v) is 8.72. The fraction of sp³-hybridized carbons (Fsp3) is 0.571. The number of carbonyl (C=O) groups is 1. The highest BCUT2D eigenvalue weighted by Crippen LogP contribution is 2.46. The van der Waals surface area contributed by atoms with Gasteiger partial charge in [-0.15, -0.1) is 0 Å². The molecule has 1 saturated carbocycles. The van der Waals surface area contributed by atoms with Gasteiger partial charge in [0.15, 0.2) is 21.3 Å². The topological polar surface area (TPSA) is 76.1 Å². The Morgan fingerprint density at radius 3 is 2.81 bits per heavy atom. The molecule has 5 nitrogen and oxygen atoms in total. The number of hydrogen-bond donors (Lipinski definition) is 1. The van der Waals surface area contributed by atoms with Crippen molar-refractivity contribution >= 4 is 15.7 Å². The molecule has 1 saturated heterocycles. The molecule has 3 rings (SSSR count). The summed E-state index contributed by atoms with van der Waals surface area (Å²) in [5.74, 6) is -1.16. The fourth-order valence-corrected chi connectivity index (χ4v) is 5.60. The summed E-state index contributed by atoms with van der Waals surface area (Å²) >= 11 is 0. The van der Waals surface area contributed by atoms with Crippen molar-refractivity contribution in [3.8, 4) is 0 Å². The molecule has 114 valence electrons. The lowest BCUT2D eigenvalue weighted by Crippen LogP contribution is -2.56. The van der Waals surface area contributed by atoms with Crippen molar-refractivity contribution in [1.82, 2.24) is 10.3 Å². The van der Waals surface area contributed by atoms with E-state index < -0.39 is 26.3 Å². The first-order valence-electron chi connectivity index (χ1n) is 7.07. The van der Waals surface area contributed by atoms with Gasteiger partial charge in [0.05, 0.1) is 10.5 Å². The van der Waals surface area contributed by atoms with E-state index in [4.69, 9.17) is 0 Å². The van der Waals surface area contributed by atoms with Gasteiger partial charge in [-0.3, -0.25) is 4.79 Å². The molecular formula is C14H17FN2O3S. The molecule has 7 heteroatoms. The van der Waals surface area contributed by atoms with Crippen molar-refractivity contribution in [1.29, 1.82) is 0 Å². The van der Waals surface area contributed by atoms with E-state index in [-0.39, 0.29) is 17.5 Å². The summed E-state index contributed by atoms with van der Waals surface area (Å²) in [6.45, 7) is 0. The highest BCUT2D eigenvalue weighted by Gasteiger charge is 2.52. The average molecular weight is 312 g/mol. The molecule has 1 unspecified atom stereocenters. The number of halogens is 1. The van der Waals surface area contributed by atoms with Crippen LogP contribution in [-0.2, 0) is 9.84 Å². The van der Waals surface area contributed by atoms with Crippen LogP contribution in [-0.4, -0.2) is 35.9 Å². The molecule has 1 amide bonds. The monoisotopic (exact) mass is 312 g/mol. The van der Waals surface area contributed by atoms with Crippen LogP contribution in [0.4, 0.5) is 4.39 Å². The van der Waals surface area contributed by atoms with E-state index in [2.05, 4.69) is 10.3 Å². The Hall–Kier alpha value is -1.50. The molecule has 0 bridgehead atoms. The third-order valence-corrected chi connectivity index (χ3v) is 7.25. The first-order chi connectivity index (χ1) is 9.94. The number of amides is 1. The van der Waals surface area contributed by atoms with E-state index in [1.165, 1.54) is 18.3 Å². The highest BCUT2D eigenvalue weighted by molar-refractivity contribution is 7.92. The normalized spacial score (nSPS) is 26.0. The van der Waals surface area contributed by atoms with Gasteiger partial charge in [-0.05, 0) is 37.8 Å². The first kappa shape index (κ1) is 14.4. The fourth-order valence-electron chi connectivity index (χ4n) is 3.21. The Morgan fingerprint density at radius 2 is 2.19 bits per heavy atom. The molecule has 1 atom stereocenters. The van der Waals surface area contributed by atoms with Gasteiger partial charge in [0.1, 0.15) is 0 Å². The smallest absolute Gasteiger partial charge is 0.273 e. The zero-order valence-electron chi connectivity index (χ0n) is 11.5. The van der Waals surface area contributed by atoms with Gasteiger partial charge in [-0.1, -0.05) is 6.42 Å². The molecule has 0 radical (unpaired) electrons. The number of carbonyl (C=O) groups excluding carboxylic acids is 1. The molecule has 2 heterocycles. The van der Waals surface area contributed by atoms with Crippen LogP contribution in [0.3, 0.4) is 0 Å². The quantitative estimate of drug-likeness (QED) is 0.897. The van der Waals surface area contributed by atoms with E-state index >= 15 is 0 Å². The average Bonchev–Trinajstić information content (AvgIpc) is 2.39. The van der Waals surface area contributed by atoms with E-state index in [0.717, 1.165) is 6.42 Å². The van der Waals surface area contributed by atoms with Crippen LogP contribution in [0.2, 0.25) is 0 Å². The maximum Gasteiger partial charge on any atom is 0.273 e. The zero-order valence-corrected chi connectivity index (χ0v) is 12.3. The molecular weight excluding hydrogens is 295 g/mol. The van der Waals surface area contributed by atoms with E-state index in [1.54, 1.807) is 0 Å². The molecule has 21 heavy (non-hydrogen) atoms. The molecule has 1 spiro atoms. The van der Waals surface area contributed by atoms with E-state index in [9.17, 15) is 17.6 Å². The minimum atomic E-state index is -3.07. The Kier molecular flexibility index (Phi) is 3.47. The molecule has 1 aromatic heterocycles. The van der Waals surface area contributed by atoms with Crippen LogP contribution in [0, 0.1) is 5.82 Å². The summed E-state index contributed by atoms with van der Waals surface area (Å²) < 4.78 is 37.2. The lowest BCUT2D eigenvalue weighted by atomic mass is 9.79. The summed E-state index contributed by atoms with van der Waals surface area (Å²) in [4.78, 5) is 15.8. The van der Waals surface area contributed by atoms with Gasteiger partial charge in [-0.25, -0.2) is 17.8 Å². The molecule has 1 aliphatic carbocycles. The van der Waals surface area contributed by atoms with E-state index in [1.807, 2.05) is 0 Å². The number of rotatable bonds is 2. The van der Waals surface area contributed by atoms with Crippen molar-refractivity contribution in [2.75, 3.05) is 5.75 Å². The third-order valence-electron chi connectivity index (χ3n) is 4.59. The summed E-state index contributed by atoms with van der Waals surface area (Å²) in [6, 6.07) is 2.37. The number of pyridine rings is 1.